The molecule has 19 heavy (non-hydrogen) atoms. The van der Waals surface area contributed by atoms with Crippen LogP contribution in [0.1, 0.15) is 51.9 Å². The molecule has 1 aliphatic heterocycles. The first-order valence-corrected chi connectivity index (χ1v) is 8.05. The fraction of sp³-hybridized carbons (Fsp3) is 1.00. The van der Waals surface area contributed by atoms with E-state index in [1.807, 2.05) is 0 Å². The van der Waals surface area contributed by atoms with Crippen molar-refractivity contribution >= 4 is 0 Å². The zero-order valence-electron chi connectivity index (χ0n) is 13.0. The SMILES string of the molecule is CC1CCCC(C(N)CC2CCOCC2)(N(C)C)C1. The fourth-order valence-electron chi connectivity index (χ4n) is 4.20. The molecule has 0 bridgehead atoms. The smallest absolute Gasteiger partial charge is 0.0468 e. The Kier molecular flexibility index (Phi) is 5.27. The van der Waals surface area contributed by atoms with Crippen molar-refractivity contribution < 1.29 is 4.74 Å². The van der Waals surface area contributed by atoms with Gasteiger partial charge in [0.15, 0.2) is 0 Å². The molecule has 0 spiro atoms. The van der Waals surface area contributed by atoms with Gasteiger partial charge in [-0.1, -0.05) is 19.8 Å². The third-order valence-electron chi connectivity index (χ3n) is 5.52. The quantitative estimate of drug-likeness (QED) is 0.852. The minimum atomic E-state index is 0.232. The van der Waals surface area contributed by atoms with Gasteiger partial charge in [-0.3, -0.25) is 0 Å². The highest BCUT2D eigenvalue weighted by molar-refractivity contribution is 5.01. The van der Waals surface area contributed by atoms with Crippen LogP contribution in [0, 0.1) is 11.8 Å². The molecular formula is C16H32N2O. The summed E-state index contributed by atoms with van der Waals surface area (Å²) in [5.41, 5.74) is 6.93. The van der Waals surface area contributed by atoms with Crippen molar-refractivity contribution in [1.29, 1.82) is 0 Å². The number of nitrogens with zero attached hydrogens (tertiary/aromatic N) is 1. The van der Waals surface area contributed by atoms with E-state index < -0.39 is 0 Å². The molecule has 0 aromatic heterocycles. The molecule has 0 radical (unpaired) electrons. The van der Waals surface area contributed by atoms with Crippen LogP contribution in [0.15, 0.2) is 0 Å². The lowest BCUT2D eigenvalue weighted by atomic mass is 9.69. The van der Waals surface area contributed by atoms with Gasteiger partial charge in [-0.05, 0) is 58.0 Å². The Hall–Kier alpha value is -0.120. The van der Waals surface area contributed by atoms with E-state index in [-0.39, 0.29) is 5.54 Å². The fourth-order valence-corrected chi connectivity index (χ4v) is 4.20. The first-order valence-electron chi connectivity index (χ1n) is 8.05. The zero-order chi connectivity index (χ0) is 13.9. The first-order chi connectivity index (χ1) is 9.04. The standard InChI is InChI=1S/C16H32N2O/c1-13-5-4-8-16(12-13,18(2)3)15(17)11-14-6-9-19-10-7-14/h13-15H,4-12,17H2,1-3H3. The van der Waals surface area contributed by atoms with Gasteiger partial charge >= 0.3 is 0 Å². The van der Waals surface area contributed by atoms with Crippen molar-refractivity contribution in [2.24, 2.45) is 17.6 Å². The lowest BCUT2D eigenvalue weighted by Crippen LogP contribution is -2.60. The molecule has 1 saturated carbocycles. The van der Waals surface area contributed by atoms with Crippen LogP contribution in [0.25, 0.3) is 0 Å². The monoisotopic (exact) mass is 268 g/mol. The van der Waals surface area contributed by atoms with E-state index in [4.69, 9.17) is 10.5 Å². The molecule has 2 N–H and O–H groups in total. The lowest BCUT2D eigenvalue weighted by Gasteiger charge is -2.50. The molecule has 2 fully saturated rings. The van der Waals surface area contributed by atoms with Gasteiger partial charge in [0.05, 0.1) is 0 Å². The lowest BCUT2D eigenvalue weighted by molar-refractivity contribution is 0.0230. The summed E-state index contributed by atoms with van der Waals surface area (Å²) in [7, 11) is 4.45. The van der Waals surface area contributed by atoms with Gasteiger partial charge in [0, 0.05) is 24.8 Å². The summed E-state index contributed by atoms with van der Waals surface area (Å²) >= 11 is 0. The molecule has 0 amide bonds. The summed E-state index contributed by atoms with van der Waals surface area (Å²) in [5, 5.41) is 0. The Balaban J connectivity index is 2.00. The van der Waals surface area contributed by atoms with E-state index in [2.05, 4.69) is 25.9 Å². The maximum atomic E-state index is 6.69. The molecule has 1 heterocycles. The average molecular weight is 268 g/mol. The molecule has 2 aliphatic rings. The van der Waals surface area contributed by atoms with Crippen LogP contribution in [-0.2, 0) is 4.74 Å². The number of nitrogens with two attached hydrogens (primary N) is 1. The highest BCUT2D eigenvalue weighted by Gasteiger charge is 2.42. The molecular weight excluding hydrogens is 236 g/mol. The van der Waals surface area contributed by atoms with Gasteiger partial charge in [-0.25, -0.2) is 0 Å². The third-order valence-corrected chi connectivity index (χ3v) is 5.52. The van der Waals surface area contributed by atoms with Crippen LogP contribution in [0.5, 0.6) is 0 Å². The Bertz CT molecular complexity index is 276. The Labute approximate surface area is 118 Å². The second-order valence-corrected chi connectivity index (χ2v) is 7.10. The van der Waals surface area contributed by atoms with E-state index in [1.54, 1.807) is 0 Å². The van der Waals surface area contributed by atoms with Gasteiger partial charge < -0.3 is 15.4 Å². The van der Waals surface area contributed by atoms with Gasteiger partial charge in [-0.15, -0.1) is 0 Å². The number of likely N-dealkylation sites (N-methyl/N-ethyl adjacent to an activating group) is 1. The summed E-state index contributed by atoms with van der Waals surface area (Å²) in [6.07, 6.45) is 8.83. The van der Waals surface area contributed by atoms with Crippen LogP contribution in [0.2, 0.25) is 0 Å². The van der Waals surface area contributed by atoms with Crippen molar-refractivity contribution in [2.45, 2.75) is 63.5 Å². The van der Waals surface area contributed by atoms with Crippen molar-refractivity contribution in [3.05, 3.63) is 0 Å². The maximum absolute atomic E-state index is 6.69. The number of hydrogen-bond donors (Lipinski definition) is 1. The summed E-state index contributed by atoms with van der Waals surface area (Å²) in [5.74, 6) is 1.59. The van der Waals surface area contributed by atoms with Crippen LogP contribution in [0.3, 0.4) is 0 Å². The van der Waals surface area contributed by atoms with Crippen LogP contribution in [-0.4, -0.2) is 43.8 Å². The van der Waals surface area contributed by atoms with Crippen LogP contribution in [0.4, 0.5) is 0 Å². The van der Waals surface area contributed by atoms with E-state index in [9.17, 15) is 0 Å². The van der Waals surface area contributed by atoms with Crippen LogP contribution < -0.4 is 5.73 Å². The number of rotatable bonds is 4. The molecule has 3 atom stereocenters. The molecule has 112 valence electrons. The van der Waals surface area contributed by atoms with Gasteiger partial charge in [0.25, 0.3) is 0 Å². The van der Waals surface area contributed by atoms with Crippen molar-refractivity contribution in [3.8, 4) is 0 Å². The molecule has 1 aliphatic carbocycles. The molecule has 0 aromatic carbocycles. The van der Waals surface area contributed by atoms with Gasteiger partial charge in [0.1, 0.15) is 0 Å². The molecule has 3 nitrogen and oxygen atoms in total. The highest BCUT2D eigenvalue weighted by Crippen LogP contribution is 2.39. The Morgan fingerprint density at radius 1 is 1.26 bits per heavy atom. The third kappa shape index (κ3) is 3.50. The normalized spacial score (nSPS) is 35.5. The van der Waals surface area contributed by atoms with E-state index in [1.165, 1.54) is 44.9 Å². The summed E-state index contributed by atoms with van der Waals surface area (Å²) < 4.78 is 5.47. The second-order valence-electron chi connectivity index (χ2n) is 7.10. The molecule has 1 saturated heterocycles. The second kappa shape index (κ2) is 6.55. The number of ether oxygens (including phenoxy) is 1. The van der Waals surface area contributed by atoms with E-state index in [0.29, 0.717) is 6.04 Å². The molecule has 3 heteroatoms. The average Bonchev–Trinajstić information content (AvgIpc) is 2.39. The Morgan fingerprint density at radius 3 is 2.53 bits per heavy atom. The van der Waals surface area contributed by atoms with Crippen molar-refractivity contribution in [2.75, 3.05) is 27.3 Å². The van der Waals surface area contributed by atoms with E-state index in [0.717, 1.165) is 25.0 Å². The van der Waals surface area contributed by atoms with Gasteiger partial charge in [0.2, 0.25) is 0 Å². The summed E-state index contributed by atoms with van der Waals surface area (Å²) in [6, 6.07) is 0.313. The first kappa shape index (κ1) is 15.3. The molecule has 0 aromatic rings. The zero-order valence-corrected chi connectivity index (χ0v) is 13.0. The minimum Gasteiger partial charge on any atom is -0.381 e. The van der Waals surface area contributed by atoms with Crippen LogP contribution >= 0.6 is 0 Å². The predicted octanol–water partition coefficient (Wildman–Crippen LogP) is 2.64. The van der Waals surface area contributed by atoms with Crippen molar-refractivity contribution in [3.63, 3.8) is 0 Å². The highest BCUT2D eigenvalue weighted by atomic mass is 16.5. The predicted molar refractivity (Wildman–Crippen MR) is 80.2 cm³/mol. The molecule has 2 rings (SSSR count). The van der Waals surface area contributed by atoms with E-state index >= 15 is 0 Å². The maximum Gasteiger partial charge on any atom is 0.0468 e. The largest absolute Gasteiger partial charge is 0.381 e. The van der Waals surface area contributed by atoms with Gasteiger partial charge in [-0.2, -0.15) is 0 Å². The minimum absolute atomic E-state index is 0.232. The van der Waals surface area contributed by atoms with Crippen molar-refractivity contribution in [1.82, 2.24) is 4.90 Å². The molecule has 3 unspecified atom stereocenters. The summed E-state index contributed by atoms with van der Waals surface area (Å²) in [6.45, 7) is 4.25. The Morgan fingerprint density at radius 2 is 1.95 bits per heavy atom. The number of hydrogen-bond acceptors (Lipinski definition) is 3. The topological polar surface area (TPSA) is 38.5 Å². The summed E-state index contributed by atoms with van der Waals surface area (Å²) in [4.78, 5) is 2.42.